The number of carbonyl (C=O) groups is 2. The zero-order valence-corrected chi connectivity index (χ0v) is 13.3. The molecule has 1 atom stereocenters. The third kappa shape index (κ3) is 2.27. The van der Waals surface area contributed by atoms with Crippen molar-refractivity contribution in [2.24, 2.45) is 0 Å². The lowest BCUT2D eigenvalue weighted by Gasteiger charge is -2.20. The van der Waals surface area contributed by atoms with Gasteiger partial charge >= 0.3 is 0 Å². The summed E-state index contributed by atoms with van der Waals surface area (Å²) in [5, 5.41) is 1.06. The highest BCUT2D eigenvalue weighted by Gasteiger charge is 2.35. The highest BCUT2D eigenvalue weighted by atomic mass is 16.2. The fourth-order valence-corrected chi connectivity index (χ4v) is 3.18. The van der Waals surface area contributed by atoms with Gasteiger partial charge < -0.3 is 0 Å². The van der Waals surface area contributed by atoms with Crippen molar-refractivity contribution in [3.8, 4) is 0 Å². The highest BCUT2D eigenvalue weighted by molar-refractivity contribution is 6.21. The molecule has 3 aromatic rings. The second kappa shape index (κ2) is 5.57. The Morgan fingerprint density at radius 3 is 2.38 bits per heavy atom. The van der Waals surface area contributed by atoms with Crippen molar-refractivity contribution in [1.82, 2.24) is 9.88 Å². The van der Waals surface area contributed by atoms with Crippen LogP contribution < -0.4 is 0 Å². The maximum Gasteiger partial charge on any atom is 0.261 e. The predicted octanol–water partition coefficient (Wildman–Crippen LogP) is 3.63. The fraction of sp³-hybridized carbons (Fsp3) is 0.150. The average Bonchev–Trinajstić information content (AvgIpc) is 2.86. The van der Waals surface area contributed by atoms with E-state index >= 15 is 0 Å². The Labute approximate surface area is 139 Å². The predicted molar refractivity (Wildman–Crippen MR) is 92.0 cm³/mol. The number of carbonyl (C=O) groups excluding carboxylic acids is 2. The molecule has 0 saturated heterocycles. The molecule has 1 aromatic heterocycles. The van der Waals surface area contributed by atoms with Crippen molar-refractivity contribution in [3.05, 3.63) is 77.5 Å². The number of imide groups is 1. The van der Waals surface area contributed by atoms with Gasteiger partial charge in [-0.3, -0.25) is 19.5 Å². The fourth-order valence-electron chi connectivity index (χ4n) is 3.18. The largest absolute Gasteiger partial charge is 0.274 e. The van der Waals surface area contributed by atoms with Crippen LogP contribution >= 0.6 is 0 Å². The quantitative estimate of drug-likeness (QED) is 0.693. The maximum atomic E-state index is 12.5. The first kappa shape index (κ1) is 14.6. The molecule has 1 aliphatic heterocycles. The topological polar surface area (TPSA) is 50.3 Å². The summed E-state index contributed by atoms with van der Waals surface area (Å²) < 4.78 is 0. The van der Waals surface area contributed by atoms with Crippen LogP contribution in [0.15, 0.2) is 60.8 Å². The van der Waals surface area contributed by atoms with E-state index in [9.17, 15) is 9.59 Å². The Morgan fingerprint density at radius 1 is 0.958 bits per heavy atom. The molecule has 4 heteroatoms. The Kier molecular flexibility index (Phi) is 3.38. The van der Waals surface area contributed by atoms with Crippen LogP contribution in [-0.4, -0.2) is 28.2 Å². The molecule has 1 aliphatic rings. The molecule has 0 aliphatic carbocycles. The summed E-state index contributed by atoms with van der Waals surface area (Å²) in [7, 11) is 0. The van der Waals surface area contributed by atoms with E-state index in [-0.39, 0.29) is 17.7 Å². The zero-order chi connectivity index (χ0) is 16.7. The Bertz CT molecular complexity index is 930. The summed E-state index contributed by atoms with van der Waals surface area (Å²) in [4.78, 5) is 30.6. The van der Waals surface area contributed by atoms with E-state index in [0.717, 1.165) is 16.5 Å². The second-order valence-corrected chi connectivity index (χ2v) is 6.12. The summed E-state index contributed by atoms with van der Waals surface area (Å²) >= 11 is 0. The van der Waals surface area contributed by atoms with Crippen LogP contribution in [0.3, 0.4) is 0 Å². The molecule has 2 amide bonds. The van der Waals surface area contributed by atoms with Gasteiger partial charge in [0, 0.05) is 18.1 Å². The van der Waals surface area contributed by atoms with Crippen molar-refractivity contribution < 1.29 is 9.59 Å². The van der Waals surface area contributed by atoms with Crippen LogP contribution in [0.5, 0.6) is 0 Å². The van der Waals surface area contributed by atoms with Crippen LogP contribution in [0.25, 0.3) is 10.9 Å². The number of nitrogens with zero attached hydrogens (tertiary/aromatic N) is 2. The Hall–Kier alpha value is -3.01. The van der Waals surface area contributed by atoms with Crippen molar-refractivity contribution in [3.63, 3.8) is 0 Å². The van der Waals surface area contributed by atoms with Gasteiger partial charge in [0.25, 0.3) is 11.8 Å². The molecule has 0 N–H and O–H groups in total. The molecule has 4 nitrogen and oxygen atoms in total. The van der Waals surface area contributed by atoms with E-state index in [0.29, 0.717) is 17.7 Å². The minimum absolute atomic E-state index is 0.0526. The van der Waals surface area contributed by atoms with Crippen LogP contribution in [-0.2, 0) is 0 Å². The Balaban J connectivity index is 1.61. The standard InChI is InChI=1S/C20H16N2O2/c1-13(14-8-9-18-15(11-14)5-4-10-21-18)12-22-19(23)16-6-2-3-7-17(16)20(22)24/h2-11,13H,12H2,1H3. The van der Waals surface area contributed by atoms with Gasteiger partial charge in [0.15, 0.2) is 0 Å². The number of benzene rings is 2. The molecular weight excluding hydrogens is 300 g/mol. The summed E-state index contributed by atoms with van der Waals surface area (Å²) in [6, 6.07) is 17.0. The summed E-state index contributed by atoms with van der Waals surface area (Å²) in [5.74, 6) is -0.355. The average molecular weight is 316 g/mol. The van der Waals surface area contributed by atoms with Crippen molar-refractivity contribution in [1.29, 1.82) is 0 Å². The van der Waals surface area contributed by atoms with E-state index in [1.807, 2.05) is 31.2 Å². The van der Waals surface area contributed by atoms with Crippen molar-refractivity contribution in [2.45, 2.75) is 12.8 Å². The van der Waals surface area contributed by atoms with E-state index in [4.69, 9.17) is 0 Å². The van der Waals surface area contributed by atoms with Crippen molar-refractivity contribution in [2.75, 3.05) is 6.54 Å². The molecule has 2 aromatic carbocycles. The zero-order valence-electron chi connectivity index (χ0n) is 13.3. The van der Waals surface area contributed by atoms with Crippen LogP contribution in [0, 0.1) is 0 Å². The number of pyridine rings is 1. The van der Waals surface area contributed by atoms with E-state index in [1.54, 1.807) is 30.5 Å². The molecular formula is C20H16N2O2. The van der Waals surface area contributed by atoms with E-state index < -0.39 is 0 Å². The first-order valence-corrected chi connectivity index (χ1v) is 7.95. The summed E-state index contributed by atoms with van der Waals surface area (Å²) in [5.41, 5.74) is 3.02. The van der Waals surface area contributed by atoms with Gasteiger partial charge in [0.2, 0.25) is 0 Å². The van der Waals surface area contributed by atoms with Gasteiger partial charge in [0.05, 0.1) is 16.6 Å². The number of fused-ring (bicyclic) bond motifs is 2. The SMILES string of the molecule is CC(CN1C(=O)c2ccccc2C1=O)c1ccc2ncccc2c1. The van der Waals surface area contributed by atoms with Crippen LogP contribution in [0.1, 0.15) is 39.1 Å². The molecule has 24 heavy (non-hydrogen) atoms. The van der Waals surface area contributed by atoms with E-state index in [1.165, 1.54) is 4.90 Å². The number of amides is 2. The Morgan fingerprint density at radius 2 is 1.67 bits per heavy atom. The van der Waals surface area contributed by atoms with Gasteiger partial charge in [-0.05, 0) is 41.8 Å². The first-order chi connectivity index (χ1) is 11.6. The highest BCUT2D eigenvalue weighted by Crippen LogP contribution is 2.27. The smallest absolute Gasteiger partial charge is 0.261 e. The molecule has 0 radical (unpaired) electrons. The normalized spacial score (nSPS) is 15.0. The molecule has 4 rings (SSSR count). The number of rotatable bonds is 3. The third-order valence-corrected chi connectivity index (χ3v) is 4.53. The van der Waals surface area contributed by atoms with Gasteiger partial charge in [-0.25, -0.2) is 0 Å². The molecule has 1 unspecified atom stereocenters. The van der Waals surface area contributed by atoms with Gasteiger partial charge in [-0.2, -0.15) is 0 Å². The lowest BCUT2D eigenvalue weighted by atomic mass is 9.98. The second-order valence-electron chi connectivity index (χ2n) is 6.12. The lowest BCUT2D eigenvalue weighted by Crippen LogP contribution is -2.33. The molecule has 0 bridgehead atoms. The molecule has 0 saturated carbocycles. The molecule has 2 heterocycles. The number of hydrogen-bond donors (Lipinski definition) is 0. The van der Waals surface area contributed by atoms with E-state index in [2.05, 4.69) is 11.1 Å². The minimum atomic E-state index is -0.204. The maximum absolute atomic E-state index is 12.5. The van der Waals surface area contributed by atoms with Gasteiger partial charge in [0.1, 0.15) is 0 Å². The monoisotopic (exact) mass is 316 g/mol. The number of hydrogen-bond acceptors (Lipinski definition) is 3. The van der Waals surface area contributed by atoms with Crippen LogP contribution in [0.4, 0.5) is 0 Å². The number of aromatic nitrogens is 1. The summed E-state index contributed by atoms with van der Waals surface area (Å²) in [6.07, 6.45) is 1.77. The minimum Gasteiger partial charge on any atom is -0.274 e. The van der Waals surface area contributed by atoms with Gasteiger partial charge in [-0.15, -0.1) is 0 Å². The molecule has 0 fully saturated rings. The van der Waals surface area contributed by atoms with Crippen molar-refractivity contribution >= 4 is 22.7 Å². The lowest BCUT2D eigenvalue weighted by molar-refractivity contribution is 0.0646. The first-order valence-electron chi connectivity index (χ1n) is 7.95. The molecule has 118 valence electrons. The summed E-state index contributed by atoms with van der Waals surface area (Å²) in [6.45, 7) is 2.40. The third-order valence-electron chi connectivity index (χ3n) is 4.53. The van der Waals surface area contributed by atoms with Gasteiger partial charge in [-0.1, -0.05) is 31.2 Å². The molecule has 0 spiro atoms. The van der Waals surface area contributed by atoms with Crippen LogP contribution in [0.2, 0.25) is 0 Å².